The third kappa shape index (κ3) is 3.08. The van der Waals surface area contributed by atoms with Crippen LogP contribution in [0, 0.1) is 12.7 Å². The van der Waals surface area contributed by atoms with Gasteiger partial charge in [0.05, 0.1) is 0 Å². The third-order valence-electron chi connectivity index (χ3n) is 4.46. The Morgan fingerprint density at radius 1 is 1.32 bits per heavy atom. The highest BCUT2D eigenvalue weighted by atomic mass is 19.1. The molecule has 0 spiro atoms. The van der Waals surface area contributed by atoms with Crippen molar-refractivity contribution in [1.82, 2.24) is 5.32 Å². The normalized spacial score (nSPS) is 19.3. The van der Waals surface area contributed by atoms with Crippen LogP contribution in [0.2, 0.25) is 0 Å². The van der Waals surface area contributed by atoms with E-state index >= 15 is 0 Å². The summed E-state index contributed by atoms with van der Waals surface area (Å²) in [6, 6.07) is 5.46. The first-order chi connectivity index (χ1) is 9.10. The largest absolute Gasteiger partial charge is 0.370 e. The van der Waals surface area contributed by atoms with E-state index in [1.54, 1.807) is 6.07 Å². The average Bonchev–Trinajstić information content (AvgIpc) is 2.65. The number of nitrogens with zero attached hydrogens (tertiary/aromatic N) is 1. The maximum Gasteiger partial charge on any atom is 0.126 e. The van der Waals surface area contributed by atoms with E-state index in [9.17, 15) is 4.39 Å². The van der Waals surface area contributed by atoms with Gasteiger partial charge >= 0.3 is 0 Å². The number of nitrogens with one attached hydrogen (secondary N) is 1. The quantitative estimate of drug-likeness (QED) is 0.899. The van der Waals surface area contributed by atoms with Crippen molar-refractivity contribution < 1.29 is 4.39 Å². The van der Waals surface area contributed by atoms with Crippen molar-refractivity contribution in [2.75, 3.05) is 24.5 Å². The summed E-state index contributed by atoms with van der Waals surface area (Å²) in [6.07, 6.45) is 3.39. The molecule has 0 saturated carbocycles. The Balaban J connectivity index is 2.24. The maximum absolute atomic E-state index is 13.4. The lowest BCUT2D eigenvalue weighted by Gasteiger charge is -2.36. The first-order valence-corrected chi connectivity index (χ1v) is 7.36. The molecule has 1 aliphatic heterocycles. The molecule has 1 fully saturated rings. The van der Waals surface area contributed by atoms with Gasteiger partial charge in [-0.1, -0.05) is 13.8 Å². The van der Waals surface area contributed by atoms with Crippen LogP contribution >= 0.6 is 0 Å². The van der Waals surface area contributed by atoms with Crippen LogP contribution in [-0.2, 0) is 0 Å². The van der Waals surface area contributed by atoms with Gasteiger partial charge in [0.25, 0.3) is 0 Å². The SMILES string of the molecule is CCC1(CC)CN(c2ccc(F)c(C)c2)CCCN1. The van der Waals surface area contributed by atoms with Crippen LogP contribution in [-0.4, -0.2) is 25.2 Å². The summed E-state index contributed by atoms with van der Waals surface area (Å²) in [7, 11) is 0. The predicted octanol–water partition coefficient (Wildman–Crippen LogP) is 3.49. The van der Waals surface area contributed by atoms with E-state index in [1.165, 1.54) is 0 Å². The highest BCUT2D eigenvalue weighted by Gasteiger charge is 2.30. The molecular formula is C16H25FN2. The third-order valence-corrected chi connectivity index (χ3v) is 4.46. The van der Waals surface area contributed by atoms with Crippen LogP contribution in [0.1, 0.15) is 38.7 Å². The fourth-order valence-electron chi connectivity index (χ4n) is 2.89. The molecule has 0 radical (unpaired) electrons. The lowest BCUT2D eigenvalue weighted by atomic mass is 9.92. The van der Waals surface area contributed by atoms with Crippen molar-refractivity contribution in [3.05, 3.63) is 29.6 Å². The van der Waals surface area contributed by atoms with Crippen LogP contribution in [0.3, 0.4) is 0 Å². The molecule has 2 nitrogen and oxygen atoms in total. The summed E-state index contributed by atoms with van der Waals surface area (Å²) < 4.78 is 13.4. The van der Waals surface area contributed by atoms with Gasteiger partial charge in [-0.15, -0.1) is 0 Å². The maximum atomic E-state index is 13.4. The van der Waals surface area contributed by atoms with Gasteiger partial charge in [0.15, 0.2) is 0 Å². The molecule has 0 aliphatic carbocycles. The van der Waals surface area contributed by atoms with Crippen molar-refractivity contribution in [2.24, 2.45) is 0 Å². The van der Waals surface area contributed by atoms with E-state index < -0.39 is 0 Å². The summed E-state index contributed by atoms with van der Waals surface area (Å²) in [5, 5.41) is 3.70. The molecule has 0 aromatic heterocycles. The summed E-state index contributed by atoms with van der Waals surface area (Å²) in [5.74, 6) is -0.117. The van der Waals surface area contributed by atoms with Gasteiger partial charge < -0.3 is 10.2 Å². The van der Waals surface area contributed by atoms with Crippen molar-refractivity contribution in [2.45, 2.75) is 45.6 Å². The minimum atomic E-state index is -0.117. The van der Waals surface area contributed by atoms with E-state index in [4.69, 9.17) is 0 Å². The number of benzene rings is 1. The van der Waals surface area contributed by atoms with Crippen LogP contribution < -0.4 is 10.2 Å². The van der Waals surface area contributed by atoms with Gasteiger partial charge in [0.2, 0.25) is 0 Å². The zero-order valence-corrected chi connectivity index (χ0v) is 12.3. The summed E-state index contributed by atoms with van der Waals surface area (Å²) in [5.41, 5.74) is 2.07. The van der Waals surface area contributed by atoms with E-state index in [2.05, 4.69) is 24.1 Å². The number of aryl methyl sites for hydroxylation is 1. The lowest BCUT2D eigenvalue weighted by Crippen LogP contribution is -2.50. The summed E-state index contributed by atoms with van der Waals surface area (Å²) in [6.45, 7) is 9.44. The summed E-state index contributed by atoms with van der Waals surface area (Å²) in [4.78, 5) is 2.40. The highest BCUT2D eigenvalue weighted by Crippen LogP contribution is 2.25. The van der Waals surface area contributed by atoms with E-state index in [-0.39, 0.29) is 11.4 Å². The van der Waals surface area contributed by atoms with E-state index in [1.807, 2.05) is 19.1 Å². The molecule has 19 heavy (non-hydrogen) atoms. The number of halogens is 1. The Kier molecular flexibility index (Phi) is 4.46. The second kappa shape index (κ2) is 5.91. The van der Waals surface area contributed by atoms with Crippen molar-refractivity contribution in [3.8, 4) is 0 Å². The predicted molar refractivity (Wildman–Crippen MR) is 79.3 cm³/mol. The van der Waals surface area contributed by atoms with Gasteiger partial charge in [0, 0.05) is 24.3 Å². The van der Waals surface area contributed by atoms with Crippen LogP contribution in [0.5, 0.6) is 0 Å². The Morgan fingerprint density at radius 2 is 2.05 bits per heavy atom. The van der Waals surface area contributed by atoms with E-state index in [0.29, 0.717) is 0 Å². The topological polar surface area (TPSA) is 15.3 Å². The molecular weight excluding hydrogens is 239 g/mol. The molecule has 2 rings (SSSR count). The molecule has 1 aliphatic rings. The second-order valence-corrected chi connectivity index (χ2v) is 5.62. The van der Waals surface area contributed by atoms with E-state index in [0.717, 1.165) is 50.1 Å². The average molecular weight is 264 g/mol. The molecule has 1 aromatic carbocycles. The molecule has 0 amide bonds. The van der Waals surface area contributed by atoms with Crippen LogP contribution in [0.25, 0.3) is 0 Å². The van der Waals surface area contributed by atoms with Crippen molar-refractivity contribution in [1.29, 1.82) is 0 Å². The number of anilines is 1. The minimum absolute atomic E-state index is 0.117. The fourth-order valence-corrected chi connectivity index (χ4v) is 2.89. The summed E-state index contributed by atoms with van der Waals surface area (Å²) >= 11 is 0. The molecule has 1 saturated heterocycles. The van der Waals surface area contributed by atoms with Crippen LogP contribution in [0.15, 0.2) is 18.2 Å². The monoisotopic (exact) mass is 264 g/mol. The molecule has 1 heterocycles. The first-order valence-electron chi connectivity index (χ1n) is 7.36. The highest BCUT2D eigenvalue weighted by molar-refractivity contribution is 5.49. The molecule has 3 heteroatoms. The van der Waals surface area contributed by atoms with Gasteiger partial charge in [-0.3, -0.25) is 0 Å². The van der Waals surface area contributed by atoms with Crippen LogP contribution in [0.4, 0.5) is 10.1 Å². The Bertz CT molecular complexity index is 427. The minimum Gasteiger partial charge on any atom is -0.370 e. The van der Waals surface area contributed by atoms with Gasteiger partial charge in [-0.05, 0) is 56.5 Å². The molecule has 0 unspecified atom stereocenters. The Hall–Kier alpha value is -1.09. The Morgan fingerprint density at radius 3 is 2.68 bits per heavy atom. The molecule has 0 bridgehead atoms. The molecule has 1 N–H and O–H groups in total. The van der Waals surface area contributed by atoms with Gasteiger partial charge in [-0.2, -0.15) is 0 Å². The fraction of sp³-hybridized carbons (Fsp3) is 0.625. The Labute approximate surface area is 116 Å². The number of hydrogen-bond donors (Lipinski definition) is 1. The number of rotatable bonds is 3. The lowest BCUT2D eigenvalue weighted by molar-refractivity contribution is 0.321. The van der Waals surface area contributed by atoms with Crippen molar-refractivity contribution in [3.63, 3.8) is 0 Å². The molecule has 106 valence electrons. The standard InChI is InChI=1S/C16H25FN2/c1-4-16(5-2)12-19(10-6-9-18-16)14-7-8-15(17)13(3)11-14/h7-8,11,18H,4-6,9-10,12H2,1-3H3. The zero-order valence-electron chi connectivity index (χ0n) is 12.3. The number of hydrogen-bond acceptors (Lipinski definition) is 2. The molecule has 0 atom stereocenters. The smallest absolute Gasteiger partial charge is 0.126 e. The molecule has 1 aromatic rings. The zero-order chi connectivity index (χ0) is 13.9. The van der Waals surface area contributed by atoms with Gasteiger partial charge in [0.1, 0.15) is 5.82 Å². The first kappa shape index (κ1) is 14.3. The van der Waals surface area contributed by atoms with Gasteiger partial charge in [-0.25, -0.2) is 4.39 Å². The second-order valence-electron chi connectivity index (χ2n) is 5.62. The van der Waals surface area contributed by atoms with Crippen molar-refractivity contribution >= 4 is 5.69 Å².